The first kappa shape index (κ1) is 21.9. The first-order valence-electron chi connectivity index (χ1n) is 9.99. The van der Waals surface area contributed by atoms with Crippen molar-refractivity contribution in [3.05, 3.63) is 117 Å². The molecule has 32 heavy (non-hydrogen) atoms. The number of furan rings is 1. The molecule has 2 aromatic carbocycles. The molecule has 2 aromatic heterocycles. The molecule has 7 heteroatoms. The maximum atomic E-state index is 12.4. The van der Waals surface area contributed by atoms with Gasteiger partial charge in [0.05, 0.1) is 5.02 Å². The van der Waals surface area contributed by atoms with E-state index in [0.717, 1.165) is 16.7 Å². The van der Waals surface area contributed by atoms with Crippen molar-refractivity contribution in [2.75, 3.05) is 0 Å². The number of hydrogen-bond donors (Lipinski definition) is 1. The van der Waals surface area contributed by atoms with Crippen LogP contribution in [0.5, 0.6) is 5.75 Å². The number of nitrogens with zero attached hydrogens (tertiary/aromatic N) is 1. The van der Waals surface area contributed by atoms with Gasteiger partial charge in [-0.1, -0.05) is 53.5 Å². The summed E-state index contributed by atoms with van der Waals surface area (Å²) in [6, 6.07) is 20.3. The summed E-state index contributed by atoms with van der Waals surface area (Å²) in [4.78, 5) is 16.4. The number of hydrogen-bond acceptors (Lipinski definition) is 4. The Kier molecular flexibility index (Phi) is 7.10. The van der Waals surface area contributed by atoms with E-state index in [4.69, 9.17) is 32.4 Å². The average molecular weight is 467 g/mol. The van der Waals surface area contributed by atoms with E-state index >= 15 is 0 Å². The summed E-state index contributed by atoms with van der Waals surface area (Å²) < 4.78 is 11.8. The van der Waals surface area contributed by atoms with E-state index in [1.807, 2.05) is 48.5 Å². The molecule has 0 spiro atoms. The second-order valence-electron chi connectivity index (χ2n) is 7.12. The van der Waals surface area contributed by atoms with Crippen LogP contribution in [-0.4, -0.2) is 10.9 Å². The fourth-order valence-electron chi connectivity index (χ4n) is 3.15. The third-order valence-electron chi connectivity index (χ3n) is 4.81. The van der Waals surface area contributed by atoms with Gasteiger partial charge >= 0.3 is 0 Å². The van der Waals surface area contributed by atoms with Crippen LogP contribution in [0.2, 0.25) is 10.0 Å². The Morgan fingerprint density at radius 1 is 1.00 bits per heavy atom. The van der Waals surface area contributed by atoms with Gasteiger partial charge in [0.1, 0.15) is 18.1 Å². The summed E-state index contributed by atoms with van der Waals surface area (Å²) >= 11 is 12.4. The highest BCUT2D eigenvalue weighted by atomic mass is 35.5. The van der Waals surface area contributed by atoms with Crippen LogP contribution < -0.4 is 10.1 Å². The van der Waals surface area contributed by atoms with Crippen LogP contribution in [0.1, 0.15) is 33.0 Å². The molecule has 1 amide bonds. The van der Waals surface area contributed by atoms with E-state index in [1.165, 1.54) is 0 Å². The molecule has 0 unspecified atom stereocenters. The maximum absolute atomic E-state index is 12.4. The quantitative estimate of drug-likeness (QED) is 0.341. The smallest absolute Gasteiger partial charge is 0.287 e. The van der Waals surface area contributed by atoms with Crippen LogP contribution in [0.3, 0.4) is 0 Å². The number of benzene rings is 2. The zero-order valence-electron chi connectivity index (χ0n) is 17.1. The molecular weight excluding hydrogens is 447 g/mol. The molecule has 0 radical (unpaired) electrons. The molecular formula is C25H20Cl2N2O3. The van der Waals surface area contributed by atoms with Crippen LogP contribution >= 0.6 is 23.2 Å². The summed E-state index contributed by atoms with van der Waals surface area (Å²) in [6.45, 7) is 0.723. The van der Waals surface area contributed by atoms with E-state index < -0.39 is 0 Å². The summed E-state index contributed by atoms with van der Waals surface area (Å²) in [5, 5.41) is 3.99. The number of nitrogens with one attached hydrogen (secondary N) is 1. The molecule has 0 fully saturated rings. The maximum Gasteiger partial charge on any atom is 0.287 e. The Bertz CT molecular complexity index is 1210. The highest BCUT2D eigenvalue weighted by Crippen LogP contribution is 2.27. The average Bonchev–Trinajstić information content (AvgIpc) is 3.27. The number of carbonyl (C=O) groups excluding carboxylic acids is 1. The lowest BCUT2D eigenvalue weighted by atomic mass is 10.1. The number of carbonyl (C=O) groups is 1. The fourth-order valence-corrected chi connectivity index (χ4v) is 3.52. The van der Waals surface area contributed by atoms with Gasteiger partial charge in [-0.25, -0.2) is 0 Å². The van der Waals surface area contributed by atoms with Crippen LogP contribution in [-0.2, 0) is 19.6 Å². The van der Waals surface area contributed by atoms with Gasteiger partial charge in [0.25, 0.3) is 5.91 Å². The van der Waals surface area contributed by atoms with E-state index in [-0.39, 0.29) is 11.7 Å². The zero-order chi connectivity index (χ0) is 22.3. The van der Waals surface area contributed by atoms with Gasteiger partial charge in [-0.15, -0.1) is 0 Å². The van der Waals surface area contributed by atoms with Crippen LogP contribution in [0.4, 0.5) is 0 Å². The standard InChI is InChI=1S/C25H20Cl2N2O3/c26-20-6-8-23(31-16-18-10-11-28-15-22(18)27)19(12-20)13-21-7-9-24(32-21)25(30)29-14-17-4-2-1-3-5-17/h1-12,15H,13-14,16H2,(H,29,30). The minimum absolute atomic E-state index is 0.254. The predicted molar refractivity (Wildman–Crippen MR) is 124 cm³/mol. The number of amides is 1. The second kappa shape index (κ2) is 10.4. The van der Waals surface area contributed by atoms with Gasteiger partial charge in [-0.3, -0.25) is 9.78 Å². The van der Waals surface area contributed by atoms with E-state index in [1.54, 1.807) is 30.6 Å². The Hall–Kier alpha value is -3.28. The van der Waals surface area contributed by atoms with E-state index in [0.29, 0.717) is 41.1 Å². The molecule has 0 aliphatic carbocycles. The summed E-state index contributed by atoms with van der Waals surface area (Å²) in [5.41, 5.74) is 2.69. The van der Waals surface area contributed by atoms with Crippen molar-refractivity contribution in [3.63, 3.8) is 0 Å². The molecule has 0 bridgehead atoms. The zero-order valence-corrected chi connectivity index (χ0v) is 18.6. The van der Waals surface area contributed by atoms with Crippen molar-refractivity contribution in [1.29, 1.82) is 0 Å². The van der Waals surface area contributed by atoms with Gasteiger partial charge in [0.2, 0.25) is 0 Å². The summed E-state index contributed by atoms with van der Waals surface area (Å²) in [7, 11) is 0. The predicted octanol–water partition coefficient (Wildman–Crippen LogP) is 6.08. The lowest BCUT2D eigenvalue weighted by molar-refractivity contribution is 0.0921. The van der Waals surface area contributed by atoms with Crippen molar-refractivity contribution >= 4 is 29.1 Å². The Morgan fingerprint density at radius 3 is 2.66 bits per heavy atom. The van der Waals surface area contributed by atoms with Crippen LogP contribution in [0.25, 0.3) is 0 Å². The van der Waals surface area contributed by atoms with Crippen molar-refractivity contribution in [2.24, 2.45) is 0 Å². The molecule has 0 saturated carbocycles. The normalized spacial score (nSPS) is 10.7. The summed E-state index contributed by atoms with van der Waals surface area (Å²) in [5.74, 6) is 1.27. The highest BCUT2D eigenvalue weighted by Gasteiger charge is 2.14. The Labute approximate surface area is 196 Å². The Balaban J connectivity index is 1.42. The molecule has 0 aliphatic heterocycles. The molecule has 0 atom stereocenters. The van der Waals surface area contributed by atoms with Crippen molar-refractivity contribution in [3.8, 4) is 5.75 Å². The van der Waals surface area contributed by atoms with Gasteiger partial charge in [0, 0.05) is 41.5 Å². The monoisotopic (exact) mass is 466 g/mol. The first-order chi connectivity index (χ1) is 15.6. The lowest BCUT2D eigenvalue weighted by Crippen LogP contribution is -2.22. The number of rotatable bonds is 8. The highest BCUT2D eigenvalue weighted by molar-refractivity contribution is 6.31. The molecule has 0 saturated heterocycles. The lowest BCUT2D eigenvalue weighted by Gasteiger charge is -2.12. The summed E-state index contributed by atoms with van der Waals surface area (Å²) in [6.07, 6.45) is 3.67. The van der Waals surface area contributed by atoms with Crippen molar-refractivity contribution in [1.82, 2.24) is 10.3 Å². The molecule has 4 aromatic rings. The minimum atomic E-state index is -0.269. The largest absolute Gasteiger partial charge is 0.489 e. The topological polar surface area (TPSA) is 64.4 Å². The molecule has 4 rings (SSSR count). The molecule has 0 aliphatic rings. The van der Waals surface area contributed by atoms with E-state index in [2.05, 4.69) is 10.3 Å². The van der Waals surface area contributed by atoms with Crippen LogP contribution in [0.15, 0.2) is 83.5 Å². The third-order valence-corrected chi connectivity index (χ3v) is 5.38. The molecule has 5 nitrogen and oxygen atoms in total. The SMILES string of the molecule is O=C(NCc1ccccc1)c1ccc(Cc2cc(Cl)ccc2OCc2ccncc2Cl)o1. The number of pyridine rings is 1. The second-order valence-corrected chi connectivity index (χ2v) is 7.96. The number of halogens is 2. The van der Waals surface area contributed by atoms with Gasteiger partial charge in [-0.05, 0) is 42.0 Å². The minimum Gasteiger partial charge on any atom is -0.489 e. The molecule has 1 N–H and O–H groups in total. The third kappa shape index (κ3) is 5.69. The Morgan fingerprint density at radius 2 is 1.84 bits per heavy atom. The van der Waals surface area contributed by atoms with Crippen molar-refractivity contribution in [2.45, 2.75) is 19.6 Å². The van der Waals surface area contributed by atoms with Gasteiger partial charge in [-0.2, -0.15) is 0 Å². The number of aromatic nitrogens is 1. The van der Waals surface area contributed by atoms with Crippen molar-refractivity contribution < 1.29 is 13.9 Å². The van der Waals surface area contributed by atoms with Crippen LogP contribution in [0, 0.1) is 0 Å². The van der Waals surface area contributed by atoms with Gasteiger partial charge in [0.15, 0.2) is 5.76 Å². The van der Waals surface area contributed by atoms with Gasteiger partial charge < -0.3 is 14.5 Å². The number of ether oxygens (including phenoxy) is 1. The van der Waals surface area contributed by atoms with E-state index in [9.17, 15) is 4.79 Å². The first-order valence-corrected chi connectivity index (χ1v) is 10.7. The molecule has 162 valence electrons. The molecule has 2 heterocycles. The fraction of sp³-hybridized carbons (Fsp3) is 0.120.